The van der Waals surface area contributed by atoms with E-state index >= 15 is 0 Å². The Bertz CT molecular complexity index is 632. The van der Waals surface area contributed by atoms with Crippen LogP contribution in [0.25, 0.3) is 0 Å². The second-order valence-electron chi connectivity index (χ2n) is 10.9. The minimum atomic E-state index is -0.224. The topological polar surface area (TPSA) is 54.0 Å². The van der Waals surface area contributed by atoms with Crippen molar-refractivity contribution < 1.29 is 23.7 Å². The molecule has 2 heterocycles. The molecule has 2 aliphatic heterocycles. The van der Waals surface area contributed by atoms with E-state index in [-0.39, 0.29) is 40.4 Å². The predicted octanol–water partition coefficient (Wildman–Crippen LogP) is 4.47. The molecule has 0 unspecified atom stereocenters. The van der Waals surface area contributed by atoms with Gasteiger partial charge in [0.1, 0.15) is 6.10 Å². The van der Waals surface area contributed by atoms with Crippen LogP contribution in [0.3, 0.4) is 0 Å². The molecular weight excluding hydrogens is 356 g/mol. The molecule has 0 radical (unpaired) electrons. The van der Waals surface area contributed by atoms with Crippen LogP contribution < -0.4 is 0 Å². The Labute approximate surface area is 169 Å². The van der Waals surface area contributed by atoms with Crippen molar-refractivity contribution in [3.8, 4) is 0 Å². The van der Waals surface area contributed by atoms with Gasteiger partial charge in [0.05, 0.1) is 17.8 Å². The summed E-state index contributed by atoms with van der Waals surface area (Å²) in [4.78, 5) is 11.9. The zero-order valence-electron chi connectivity index (χ0n) is 18.5. The molecule has 0 amide bonds. The highest BCUT2D eigenvalue weighted by Crippen LogP contribution is 2.68. The van der Waals surface area contributed by atoms with Crippen LogP contribution in [0.1, 0.15) is 79.6 Å². The van der Waals surface area contributed by atoms with Crippen LogP contribution >= 0.6 is 0 Å². The summed E-state index contributed by atoms with van der Waals surface area (Å²) in [6, 6.07) is 0. The predicted molar refractivity (Wildman–Crippen MR) is 106 cm³/mol. The lowest BCUT2D eigenvalue weighted by atomic mass is 9.43. The fraction of sp³-hybridized carbons (Fsp3) is 0.957. The standard InChI is InChI=1S/C23H38O5/c1-15-12-17(27-16(2)24)19-20(3,4)8-7-9-21(19,5)23(15)11-10-22(28-23)13-18(25-6)26-14-22/h15,17-19H,7-14H2,1-6H3/t15-,17-,18-,19+,21+,22-,23-/m0/s1. The third-order valence-corrected chi connectivity index (χ3v) is 8.77. The summed E-state index contributed by atoms with van der Waals surface area (Å²) in [5.74, 6) is 0.491. The smallest absolute Gasteiger partial charge is 0.302 e. The Kier molecular flexibility index (Phi) is 4.92. The molecule has 4 rings (SSSR count). The first-order chi connectivity index (χ1) is 13.1. The Morgan fingerprint density at radius 2 is 1.86 bits per heavy atom. The van der Waals surface area contributed by atoms with E-state index in [2.05, 4.69) is 27.7 Å². The number of carbonyl (C=O) groups excluding carboxylic acids is 1. The zero-order chi connectivity index (χ0) is 20.4. The summed E-state index contributed by atoms with van der Waals surface area (Å²) in [5, 5.41) is 0. The first-order valence-corrected chi connectivity index (χ1v) is 11.1. The minimum Gasteiger partial charge on any atom is -0.462 e. The Balaban J connectivity index is 1.72. The minimum absolute atomic E-state index is 0.0127. The van der Waals surface area contributed by atoms with Gasteiger partial charge in [0.25, 0.3) is 0 Å². The Morgan fingerprint density at radius 1 is 1.11 bits per heavy atom. The number of hydrogen-bond acceptors (Lipinski definition) is 5. The van der Waals surface area contributed by atoms with Crippen LogP contribution in [-0.2, 0) is 23.7 Å². The van der Waals surface area contributed by atoms with E-state index < -0.39 is 0 Å². The quantitative estimate of drug-likeness (QED) is 0.647. The molecule has 4 aliphatic rings. The van der Waals surface area contributed by atoms with Crippen molar-refractivity contribution in [3.05, 3.63) is 0 Å². The number of hydrogen-bond donors (Lipinski definition) is 0. The van der Waals surface area contributed by atoms with Gasteiger partial charge >= 0.3 is 5.97 Å². The second kappa shape index (κ2) is 6.68. The van der Waals surface area contributed by atoms with Gasteiger partial charge in [-0.05, 0) is 43.4 Å². The Morgan fingerprint density at radius 3 is 2.50 bits per heavy atom. The lowest BCUT2D eigenvalue weighted by Gasteiger charge is -2.65. The second-order valence-corrected chi connectivity index (χ2v) is 10.9. The number of esters is 1. The van der Waals surface area contributed by atoms with Gasteiger partial charge in [0, 0.05) is 31.8 Å². The van der Waals surface area contributed by atoms with Gasteiger partial charge in [0.15, 0.2) is 6.29 Å². The molecule has 4 fully saturated rings. The summed E-state index contributed by atoms with van der Waals surface area (Å²) in [6.07, 6.45) is 7.11. The summed E-state index contributed by atoms with van der Waals surface area (Å²) < 4.78 is 24.4. The van der Waals surface area contributed by atoms with E-state index in [0.29, 0.717) is 18.4 Å². The molecule has 0 aromatic rings. The van der Waals surface area contributed by atoms with Gasteiger partial charge in [-0.2, -0.15) is 0 Å². The molecule has 0 aromatic carbocycles. The zero-order valence-corrected chi connectivity index (χ0v) is 18.5. The largest absolute Gasteiger partial charge is 0.462 e. The van der Waals surface area contributed by atoms with Crippen LogP contribution in [0.2, 0.25) is 0 Å². The first kappa shape index (κ1) is 20.6. The fourth-order valence-electron chi connectivity index (χ4n) is 7.75. The molecule has 7 atom stereocenters. The van der Waals surface area contributed by atoms with Crippen molar-refractivity contribution in [2.24, 2.45) is 22.7 Å². The van der Waals surface area contributed by atoms with Gasteiger partial charge in [-0.15, -0.1) is 0 Å². The summed E-state index contributed by atoms with van der Waals surface area (Å²) in [6.45, 7) is 11.6. The van der Waals surface area contributed by atoms with Crippen LogP contribution in [0.4, 0.5) is 0 Å². The number of fused-ring (bicyclic) bond motifs is 2. The van der Waals surface area contributed by atoms with E-state index in [0.717, 1.165) is 32.1 Å². The van der Waals surface area contributed by atoms with Crippen LogP contribution in [0.5, 0.6) is 0 Å². The molecule has 0 N–H and O–H groups in total. The SMILES string of the molecule is CO[C@@H]1C[C@@]2(CC[C@]3(O2)[C@@H](C)C[C@H](OC(C)=O)[C@@H]2C(C)(C)CCC[C@]23C)CO1. The van der Waals surface area contributed by atoms with E-state index in [1.165, 1.54) is 12.8 Å². The van der Waals surface area contributed by atoms with Gasteiger partial charge < -0.3 is 18.9 Å². The highest BCUT2D eigenvalue weighted by molar-refractivity contribution is 5.66. The molecule has 0 bridgehead atoms. The third kappa shape index (κ3) is 2.87. The molecular formula is C23H38O5. The normalized spacial score (nSPS) is 50.1. The van der Waals surface area contributed by atoms with Crippen molar-refractivity contribution in [1.29, 1.82) is 0 Å². The van der Waals surface area contributed by atoms with Crippen molar-refractivity contribution in [3.63, 3.8) is 0 Å². The molecule has 2 saturated heterocycles. The molecule has 2 aliphatic carbocycles. The van der Waals surface area contributed by atoms with Gasteiger partial charge in [-0.3, -0.25) is 4.79 Å². The van der Waals surface area contributed by atoms with E-state index in [1.54, 1.807) is 14.0 Å². The summed E-state index contributed by atoms with van der Waals surface area (Å²) in [7, 11) is 1.71. The highest BCUT2D eigenvalue weighted by atomic mass is 16.7. The maximum absolute atomic E-state index is 11.9. The molecule has 5 heteroatoms. The van der Waals surface area contributed by atoms with E-state index in [1.807, 2.05) is 0 Å². The van der Waals surface area contributed by atoms with Gasteiger partial charge in [0.2, 0.25) is 0 Å². The summed E-state index contributed by atoms with van der Waals surface area (Å²) >= 11 is 0. The highest BCUT2D eigenvalue weighted by Gasteiger charge is 2.70. The maximum atomic E-state index is 11.9. The summed E-state index contributed by atoms with van der Waals surface area (Å²) in [5.41, 5.74) is -0.293. The lowest BCUT2D eigenvalue weighted by molar-refractivity contribution is -0.272. The van der Waals surface area contributed by atoms with Gasteiger partial charge in [-0.1, -0.05) is 34.1 Å². The molecule has 2 spiro atoms. The van der Waals surface area contributed by atoms with Crippen molar-refractivity contribution in [1.82, 2.24) is 0 Å². The number of ether oxygens (including phenoxy) is 4. The number of carbonyl (C=O) groups is 1. The third-order valence-electron chi connectivity index (χ3n) is 8.77. The average Bonchev–Trinajstić information content (AvgIpc) is 3.17. The number of methoxy groups -OCH3 is 1. The van der Waals surface area contributed by atoms with Crippen LogP contribution in [0, 0.1) is 22.7 Å². The fourth-order valence-corrected chi connectivity index (χ4v) is 7.75. The molecule has 5 nitrogen and oxygen atoms in total. The van der Waals surface area contributed by atoms with E-state index in [4.69, 9.17) is 18.9 Å². The van der Waals surface area contributed by atoms with Crippen LogP contribution in [0.15, 0.2) is 0 Å². The van der Waals surface area contributed by atoms with Crippen molar-refractivity contribution >= 4 is 5.97 Å². The molecule has 28 heavy (non-hydrogen) atoms. The van der Waals surface area contributed by atoms with Gasteiger partial charge in [-0.25, -0.2) is 0 Å². The molecule has 2 saturated carbocycles. The van der Waals surface area contributed by atoms with Crippen LogP contribution in [-0.4, -0.2) is 43.3 Å². The number of rotatable bonds is 2. The maximum Gasteiger partial charge on any atom is 0.302 e. The Hall–Kier alpha value is -0.650. The molecule has 0 aromatic heterocycles. The lowest BCUT2D eigenvalue weighted by Crippen LogP contribution is -2.67. The van der Waals surface area contributed by atoms with Crippen molar-refractivity contribution in [2.75, 3.05) is 13.7 Å². The molecule has 160 valence electrons. The monoisotopic (exact) mass is 394 g/mol. The van der Waals surface area contributed by atoms with Crippen molar-refractivity contribution in [2.45, 2.75) is 103 Å². The average molecular weight is 395 g/mol. The van der Waals surface area contributed by atoms with E-state index in [9.17, 15) is 4.79 Å². The first-order valence-electron chi connectivity index (χ1n) is 11.1.